The highest BCUT2D eigenvalue weighted by Gasteiger charge is 2.40. The van der Waals surface area contributed by atoms with Crippen LogP contribution in [0.25, 0.3) is 0 Å². The number of hydrogen-bond acceptors (Lipinski definition) is 4. The van der Waals surface area contributed by atoms with Crippen LogP contribution in [0.4, 0.5) is 0 Å². The van der Waals surface area contributed by atoms with Crippen LogP contribution in [-0.4, -0.2) is 39.9 Å². The average molecular weight is 423 g/mol. The maximum Gasteiger partial charge on any atom is 0.273 e. The lowest BCUT2D eigenvalue weighted by Gasteiger charge is -2.44. The van der Waals surface area contributed by atoms with E-state index in [4.69, 9.17) is 17.3 Å². The molecule has 0 radical (unpaired) electrons. The fourth-order valence-corrected chi connectivity index (χ4v) is 4.75. The van der Waals surface area contributed by atoms with Crippen LogP contribution in [0.3, 0.4) is 0 Å². The molecule has 2 aromatic rings. The number of carbonyl (C=O) groups is 1. The van der Waals surface area contributed by atoms with Crippen molar-refractivity contribution in [2.75, 3.05) is 13.1 Å². The first-order valence-corrected chi connectivity index (χ1v) is 9.75. The fraction of sp³-hybridized carbons (Fsp3) is 0.450. The number of H-pyrrole nitrogens is 1. The number of fused-ring (bicyclic) bond motifs is 1. The molecular weight excluding hydrogens is 399 g/mol. The van der Waals surface area contributed by atoms with Gasteiger partial charge in [-0.2, -0.15) is 0 Å². The van der Waals surface area contributed by atoms with E-state index < -0.39 is 0 Å². The minimum Gasteiger partial charge on any atom is -0.334 e. The summed E-state index contributed by atoms with van der Waals surface area (Å²) in [5.41, 5.74) is 7.87. The molecular formula is C20H24Cl2N4O2. The molecule has 2 heterocycles. The van der Waals surface area contributed by atoms with Crippen LogP contribution < -0.4 is 11.3 Å². The quantitative estimate of drug-likeness (QED) is 0.794. The molecule has 0 bridgehead atoms. The van der Waals surface area contributed by atoms with Crippen LogP contribution in [-0.2, 0) is 11.8 Å². The van der Waals surface area contributed by atoms with Crippen molar-refractivity contribution in [2.45, 2.75) is 43.6 Å². The number of aromatic nitrogens is 2. The average Bonchev–Trinajstić information content (AvgIpc) is 2.69. The largest absolute Gasteiger partial charge is 0.334 e. The van der Waals surface area contributed by atoms with E-state index in [1.54, 1.807) is 0 Å². The van der Waals surface area contributed by atoms with Crippen LogP contribution in [0.15, 0.2) is 35.4 Å². The van der Waals surface area contributed by atoms with Crippen LogP contribution in [0.1, 0.15) is 47.3 Å². The maximum absolute atomic E-state index is 12.9. The normalized spacial score (nSPS) is 24.4. The smallest absolute Gasteiger partial charge is 0.273 e. The van der Waals surface area contributed by atoms with Crippen molar-refractivity contribution >= 4 is 29.9 Å². The van der Waals surface area contributed by atoms with Gasteiger partial charge in [-0.25, -0.2) is 4.98 Å². The van der Waals surface area contributed by atoms with Gasteiger partial charge in [-0.1, -0.05) is 23.7 Å². The third-order valence-corrected chi connectivity index (χ3v) is 6.43. The zero-order chi connectivity index (χ0) is 19.0. The molecule has 0 saturated heterocycles. The summed E-state index contributed by atoms with van der Waals surface area (Å²) in [4.78, 5) is 33.4. The lowest BCUT2D eigenvalue weighted by Crippen LogP contribution is -2.50. The Morgan fingerprint density at radius 1 is 1.29 bits per heavy atom. The van der Waals surface area contributed by atoms with Gasteiger partial charge in [0.1, 0.15) is 5.69 Å². The molecule has 1 fully saturated rings. The van der Waals surface area contributed by atoms with E-state index in [1.165, 1.54) is 11.9 Å². The van der Waals surface area contributed by atoms with Crippen molar-refractivity contribution in [1.82, 2.24) is 14.9 Å². The van der Waals surface area contributed by atoms with Gasteiger partial charge in [0.2, 0.25) is 0 Å². The molecule has 3 N–H and O–H groups in total. The van der Waals surface area contributed by atoms with Crippen molar-refractivity contribution in [1.29, 1.82) is 0 Å². The number of amides is 1. The number of halogens is 2. The predicted molar refractivity (Wildman–Crippen MR) is 111 cm³/mol. The second-order valence-corrected chi connectivity index (χ2v) is 7.97. The highest BCUT2D eigenvalue weighted by molar-refractivity contribution is 6.30. The molecule has 4 rings (SSSR count). The Kier molecular flexibility index (Phi) is 6.12. The highest BCUT2D eigenvalue weighted by atomic mass is 35.5. The van der Waals surface area contributed by atoms with Gasteiger partial charge in [-0.05, 0) is 49.8 Å². The molecule has 28 heavy (non-hydrogen) atoms. The van der Waals surface area contributed by atoms with Gasteiger partial charge < -0.3 is 15.6 Å². The first-order valence-electron chi connectivity index (χ1n) is 9.38. The lowest BCUT2D eigenvalue weighted by atomic mass is 9.68. The molecule has 1 aromatic heterocycles. The van der Waals surface area contributed by atoms with Crippen LogP contribution in [0, 0.1) is 0 Å². The Morgan fingerprint density at radius 2 is 2.04 bits per heavy atom. The third-order valence-electron chi connectivity index (χ3n) is 6.20. The number of carbonyl (C=O) groups excluding carboxylic acids is 1. The van der Waals surface area contributed by atoms with E-state index in [0.29, 0.717) is 30.8 Å². The molecule has 150 valence electrons. The SMILES string of the molecule is Cl.NC[C@]1(c2cccc(Cl)c2)CC[C@H](N2CCc3c(nc[nH]c3=O)C2=O)CC1. The standard InChI is InChI=1S/C20H23ClN4O2.ClH/c21-14-3-1-2-13(10-14)20(11-22)7-4-15(5-8-20)25-9-6-16-17(19(25)27)23-12-24-18(16)26;/h1-3,10,12,15H,4-9,11,22H2,(H,23,24,26);1H/t15-,20-;. The summed E-state index contributed by atoms with van der Waals surface area (Å²) in [6.45, 7) is 1.13. The van der Waals surface area contributed by atoms with Gasteiger partial charge in [0, 0.05) is 29.6 Å². The molecule has 2 aliphatic rings. The number of benzene rings is 1. The molecule has 1 saturated carbocycles. The Hall–Kier alpha value is -1.89. The Morgan fingerprint density at radius 3 is 2.71 bits per heavy atom. The van der Waals surface area contributed by atoms with Crippen molar-refractivity contribution in [3.8, 4) is 0 Å². The number of aromatic amines is 1. The lowest BCUT2D eigenvalue weighted by molar-refractivity contribution is 0.0566. The molecule has 1 aliphatic carbocycles. The molecule has 1 aliphatic heterocycles. The Labute approximate surface area is 174 Å². The number of rotatable bonds is 3. The van der Waals surface area contributed by atoms with Crippen molar-refractivity contribution in [3.63, 3.8) is 0 Å². The minimum absolute atomic E-state index is 0. The molecule has 1 amide bonds. The van der Waals surface area contributed by atoms with E-state index >= 15 is 0 Å². The molecule has 0 spiro atoms. The molecule has 0 unspecified atom stereocenters. The van der Waals surface area contributed by atoms with Crippen molar-refractivity contribution in [2.24, 2.45) is 5.73 Å². The van der Waals surface area contributed by atoms with Gasteiger partial charge in [0.05, 0.1) is 11.9 Å². The first-order chi connectivity index (χ1) is 13.0. The van der Waals surface area contributed by atoms with Gasteiger partial charge in [-0.15, -0.1) is 12.4 Å². The summed E-state index contributed by atoms with van der Waals surface area (Å²) in [5, 5.41) is 0.724. The van der Waals surface area contributed by atoms with E-state index in [1.807, 2.05) is 23.1 Å². The highest BCUT2D eigenvalue weighted by Crippen LogP contribution is 2.41. The van der Waals surface area contributed by atoms with Crippen LogP contribution in [0.5, 0.6) is 0 Å². The summed E-state index contributed by atoms with van der Waals surface area (Å²) in [5.74, 6) is -0.129. The Bertz CT molecular complexity index is 922. The predicted octanol–water partition coefficient (Wildman–Crippen LogP) is 2.68. The van der Waals surface area contributed by atoms with Crippen molar-refractivity contribution in [3.05, 3.63) is 62.8 Å². The summed E-state index contributed by atoms with van der Waals surface area (Å²) >= 11 is 6.18. The fourth-order valence-electron chi connectivity index (χ4n) is 4.56. The van der Waals surface area contributed by atoms with Gasteiger partial charge in [-0.3, -0.25) is 9.59 Å². The van der Waals surface area contributed by atoms with Crippen LogP contribution >= 0.6 is 24.0 Å². The zero-order valence-corrected chi connectivity index (χ0v) is 17.1. The zero-order valence-electron chi connectivity index (χ0n) is 15.5. The topological polar surface area (TPSA) is 92.1 Å². The molecule has 6 nitrogen and oxygen atoms in total. The maximum atomic E-state index is 12.9. The van der Waals surface area contributed by atoms with E-state index in [9.17, 15) is 9.59 Å². The number of nitrogens with zero attached hydrogens (tertiary/aromatic N) is 2. The summed E-state index contributed by atoms with van der Waals surface area (Å²) in [6.07, 6.45) is 5.45. The van der Waals surface area contributed by atoms with Gasteiger partial charge in [0.15, 0.2) is 0 Å². The molecule has 8 heteroatoms. The monoisotopic (exact) mass is 422 g/mol. The number of nitrogens with one attached hydrogen (secondary N) is 1. The van der Waals surface area contributed by atoms with Gasteiger partial charge in [0.25, 0.3) is 11.5 Å². The summed E-state index contributed by atoms with van der Waals surface area (Å²) in [6, 6.07) is 8.10. The van der Waals surface area contributed by atoms with Crippen molar-refractivity contribution < 1.29 is 4.79 Å². The molecule has 1 aromatic carbocycles. The van der Waals surface area contributed by atoms with Crippen LogP contribution in [0.2, 0.25) is 5.02 Å². The van der Waals surface area contributed by atoms with E-state index in [0.717, 1.165) is 30.7 Å². The minimum atomic E-state index is -0.209. The Balaban J connectivity index is 0.00000225. The number of nitrogens with two attached hydrogens (primary N) is 1. The number of hydrogen-bond donors (Lipinski definition) is 2. The summed E-state index contributed by atoms with van der Waals surface area (Å²) < 4.78 is 0. The second-order valence-electron chi connectivity index (χ2n) is 7.53. The van der Waals surface area contributed by atoms with E-state index in [-0.39, 0.29) is 35.3 Å². The third kappa shape index (κ3) is 3.56. The molecule has 0 atom stereocenters. The van der Waals surface area contributed by atoms with Gasteiger partial charge >= 0.3 is 0 Å². The summed E-state index contributed by atoms with van der Waals surface area (Å²) in [7, 11) is 0. The first kappa shape index (κ1) is 20.8. The second kappa shape index (κ2) is 8.23. The van der Waals surface area contributed by atoms with E-state index in [2.05, 4.69) is 16.0 Å².